The molecule has 8 nitrogen and oxygen atoms in total. The highest BCUT2D eigenvalue weighted by Crippen LogP contribution is 2.43. The second-order valence-electron chi connectivity index (χ2n) is 8.59. The van der Waals surface area contributed by atoms with E-state index in [1.807, 2.05) is 27.7 Å². The van der Waals surface area contributed by atoms with Gasteiger partial charge in [-0.05, 0) is 52.5 Å². The number of hydrogen-bond donors (Lipinski definition) is 2. The maximum Gasteiger partial charge on any atom is 0.339 e. The van der Waals surface area contributed by atoms with Gasteiger partial charge in [-0.2, -0.15) is 0 Å². The zero-order chi connectivity index (χ0) is 22.9. The Morgan fingerprint density at radius 3 is 2.65 bits per heavy atom. The summed E-state index contributed by atoms with van der Waals surface area (Å²) in [7, 11) is 0. The molecule has 1 aromatic heterocycles. The summed E-state index contributed by atoms with van der Waals surface area (Å²) >= 11 is 0. The minimum atomic E-state index is -1.08. The van der Waals surface area contributed by atoms with Gasteiger partial charge in [-0.25, -0.2) is 9.59 Å². The molecular formula is C23H29NO7. The van der Waals surface area contributed by atoms with Crippen LogP contribution in [0.3, 0.4) is 0 Å². The van der Waals surface area contributed by atoms with Gasteiger partial charge >= 0.3 is 11.6 Å². The second-order valence-corrected chi connectivity index (χ2v) is 8.59. The molecule has 1 aliphatic heterocycles. The zero-order valence-electron chi connectivity index (χ0n) is 18.6. The summed E-state index contributed by atoms with van der Waals surface area (Å²) in [6.45, 7) is 8.91. The van der Waals surface area contributed by atoms with E-state index in [1.54, 1.807) is 13.0 Å². The molecule has 1 aromatic carbocycles. The lowest BCUT2D eigenvalue weighted by molar-refractivity contribution is -0.142. The van der Waals surface area contributed by atoms with Crippen molar-refractivity contribution in [2.75, 3.05) is 6.61 Å². The number of carbonyl (C=O) groups excluding carboxylic acids is 1. The molecule has 31 heavy (non-hydrogen) atoms. The summed E-state index contributed by atoms with van der Waals surface area (Å²) in [5, 5.41) is 12.3. The smallest absolute Gasteiger partial charge is 0.339 e. The van der Waals surface area contributed by atoms with Crippen LogP contribution in [-0.2, 0) is 16.0 Å². The first-order valence-electron chi connectivity index (χ1n) is 10.5. The quantitative estimate of drug-likeness (QED) is 0.647. The van der Waals surface area contributed by atoms with Crippen LogP contribution in [0.4, 0.5) is 0 Å². The van der Waals surface area contributed by atoms with Crippen LogP contribution in [0.5, 0.6) is 11.5 Å². The number of benzene rings is 1. The van der Waals surface area contributed by atoms with E-state index in [2.05, 4.69) is 5.32 Å². The second kappa shape index (κ2) is 8.61. The number of carboxylic acids is 1. The summed E-state index contributed by atoms with van der Waals surface area (Å²) in [6.07, 6.45) is 2.40. The molecule has 168 valence electrons. The zero-order valence-corrected chi connectivity index (χ0v) is 18.6. The monoisotopic (exact) mass is 431 g/mol. The summed E-state index contributed by atoms with van der Waals surface area (Å²) in [6, 6.07) is 0.756. The molecule has 0 spiro atoms. The highest BCUT2D eigenvalue weighted by atomic mass is 16.5. The number of aliphatic carboxylic acids is 1. The number of amides is 1. The number of carbonyl (C=O) groups is 2. The Balaban J connectivity index is 1.98. The van der Waals surface area contributed by atoms with Crippen molar-refractivity contribution >= 4 is 22.8 Å². The average molecular weight is 431 g/mol. The van der Waals surface area contributed by atoms with Gasteiger partial charge in [-0.15, -0.1) is 0 Å². The number of fused-ring (bicyclic) bond motifs is 3. The maximum absolute atomic E-state index is 12.3. The molecule has 0 saturated carbocycles. The van der Waals surface area contributed by atoms with Crippen molar-refractivity contribution < 1.29 is 28.6 Å². The number of rotatable bonds is 7. The molecule has 8 heteroatoms. The molecule has 0 fully saturated rings. The third kappa shape index (κ3) is 4.68. The number of ether oxygens (including phenoxy) is 2. The van der Waals surface area contributed by atoms with Crippen LogP contribution in [0.25, 0.3) is 11.0 Å². The van der Waals surface area contributed by atoms with Gasteiger partial charge in [0.1, 0.15) is 28.7 Å². The Morgan fingerprint density at radius 1 is 1.29 bits per heavy atom. The Kier molecular flexibility index (Phi) is 6.29. The van der Waals surface area contributed by atoms with E-state index in [4.69, 9.17) is 13.9 Å². The van der Waals surface area contributed by atoms with Crippen LogP contribution in [0.2, 0.25) is 0 Å². The van der Waals surface area contributed by atoms with Crippen molar-refractivity contribution in [2.24, 2.45) is 0 Å². The highest BCUT2D eigenvalue weighted by molar-refractivity contribution is 5.92. The number of carboxylic acid groups (broad SMARTS) is 1. The summed E-state index contributed by atoms with van der Waals surface area (Å²) in [5.74, 6) is -0.716. The fourth-order valence-electron chi connectivity index (χ4n) is 3.77. The van der Waals surface area contributed by atoms with E-state index >= 15 is 0 Å². The van der Waals surface area contributed by atoms with Gasteiger partial charge in [0.05, 0.1) is 5.39 Å². The van der Waals surface area contributed by atoms with E-state index in [1.165, 1.54) is 0 Å². The Hall–Kier alpha value is -3.03. The minimum absolute atomic E-state index is 0.329. The fraction of sp³-hybridized carbons (Fsp3) is 0.522. The molecule has 0 unspecified atom stereocenters. The largest absolute Gasteiger partial charge is 0.487 e. The third-order valence-corrected chi connectivity index (χ3v) is 5.68. The molecule has 2 heterocycles. The van der Waals surface area contributed by atoms with Gasteiger partial charge in [0.25, 0.3) is 5.91 Å². The Morgan fingerprint density at radius 2 is 2.00 bits per heavy atom. The van der Waals surface area contributed by atoms with E-state index < -0.39 is 23.5 Å². The van der Waals surface area contributed by atoms with Crippen LogP contribution in [0.15, 0.2) is 15.3 Å². The van der Waals surface area contributed by atoms with Gasteiger partial charge in [-0.3, -0.25) is 4.79 Å². The van der Waals surface area contributed by atoms with Crippen LogP contribution in [-0.4, -0.2) is 35.2 Å². The minimum Gasteiger partial charge on any atom is -0.487 e. The van der Waals surface area contributed by atoms with Crippen molar-refractivity contribution in [3.63, 3.8) is 0 Å². The predicted molar refractivity (Wildman–Crippen MR) is 115 cm³/mol. The summed E-state index contributed by atoms with van der Waals surface area (Å²) in [5.41, 5.74) is 1.59. The number of hydrogen-bond acceptors (Lipinski definition) is 6. The van der Waals surface area contributed by atoms with Gasteiger partial charge < -0.3 is 24.3 Å². The lowest BCUT2D eigenvalue weighted by atomic mass is 9.92. The lowest BCUT2D eigenvalue weighted by Gasteiger charge is -2.33. The van der Waals surface area contributed by atoms with Gasteiger partial charge in [0.2, 0.25) is 0 Å². The molecule has 3 rings (SSSR count). The first-order chi connectivity index (χ1) is 14.5. The SMILES string of the molecule is CCC[C@@H](NC(=O)COc1cc2c(c3oc(=O)c(C)c(C)c13)CCC(C)(C)O2)C(=O)O. The molecule has 1 amide bonds. The average Bonchev–Trinajstić information content (AvgIpc) is 2.68. The first-order valence-corrected chi connectivity index (χ1v) is 10.5. The van der Waals surface area contributed by atoms with Gasteiger partial charge in [0, 0.05) is 17.2 Å². The molecule has 0 radical (unpaired) electrons. The topological polar surface area (TPSA) is 115 Å². The molecule has 0 saturated heterocycles. The Labute approximate surface area is 180 Å². The normalized spacial score (nSPS) is 15.6. The van der Waals surface area contributed by atoms with Crippen LogP contribution in [0, 0.1) is 13.8 Å². The standard InChI is InChI=1S/C23H29NO7/c1-6-7-15(21(26)27)24-18(25)11-29-17-10-16-14(8-9-23(4,5)31-16)20-19(17)12(2)13(3)22(28)30-20/h10,15H,6-9,11H2,1-5H3,(H,24,25)(H,26,27)/t15-/m1/s1. The van der Waals surface area contributed by atoms with Crippen molar-refractivity contribution in [1.82, 2.24) is 5.32 Å². The molecular weight excluding hydrogens is 402 g/mol. The van der Waals surface area contributed by atoms with Crippen molar-refractivity contribution in [3.05, 3.63) is 33.2 Å². The van der Waals surface area contributed by atoms with E-state index in [9.17, 15) is 19.5 Å². The van der Waals surface area contributed by atoms with E-state index in [-0.39, 0.29) is 12.2 Å². The highest BCUT2D eigenvalue weighted by Gasteiger charge is 2.31. The third-order valence-electron chi connectivity index (χ3n) is 5.68. The molecule has 1 aliphatic rings. The number of aryl methyl sites for hydroxylation is 2. The van der Waals surface area contributed by atoms with Gasteiger partial charge in [0.15, 0.2) is 6.61 Å². The summed E-state index contributed by atoms with van der Waals surface area (Å²) in [4.78, 5) is 36.0. The van der Waals surface area contributed by atoms with Crippen LogP contribution >= 0.6 is 0 Å². The predicted octanol–water partition coefficient (Wildman–Crippen LogP) is 3.26. The first kappa shape index (κ1) is 22.7. The van der Waals surface area contributed by atoms with Crippen LogP contribution < -0.4 is 20.4 Å². The maximum atomic E-state index is 12.3. The van der Waals surface area contributed by atoms with Crippen molar-refractivity contribution in [1.29, 1.82) is 0 Å². The van der Waals surface area contributed by atoms with Crippen molar-refractivity contribution in [2.45, 2.75) is 71.9 Å². The molecule has 1 atom stereocenters. The Bertz CT molecular complexity index is 1080. The fourth-order valence-corrected chi connectivity index (χ4v) is 3.77. The van der Waals surface area contributed by atoms with E-state index in [0.717, 1.165) is 12.0 Å². The molecule has 0 aliphatic carbocycles. The molecule has 0 bridgehead atoms. The molecule has 2 aromatic rings. The lowest BCUT2D eigenvalue weighted by Crippen LogP contribution is -2.42. The van der Waals surface area contributed by atoms with E-state index in [0.29, 0.717) is 52.9 Å². The number of nitrogens with one attached hydrogen (secondary N) is 1. The van der Waals surface area contributed by atoms with Crippen molar-refractivity contribution in [3.8, 4) is 11.5 Å². The summed E-state index contributed by atoms with van der Waals surface area (Å²) < 4.78 is 17.5. The van der Waals surface area contributed by atoms with Crippen LogP contribution in [0.1, 0.15) is 56.7 Å². The van der Waals surface area contributed by atoms with Gasteiger partial charge in [-0.1, -0.05) is 13.3 Å². The molecule has 2 N–H and O–H groups in total.